The average Bonchev–Trinajstić information content (AvgIpc) is 2.79. The van der Waals surface area contributed by atoms with Crippen LogP contribution in [-0.2, 0) is 23.7 Å². The van der Waals surface area contributed by atoms with Gasteiger partial charge in [0.05, 0.1) is 19.3 Å². The van der Waals surface area contributed by atoms with Crippen LogP contribution in [0, 0.1) is 0 Å². The molecule has 15 heteroatoms. The second kappa shape index (κ2) is 11.0. The van der Waals surface area contributed by atoms with E-state index in [-0.39, 0.29) is 0 Å². The first-order valence-corrected chi connectivity index (χ1v) is 10.4. The quantitative estimate of drug-likeness (QED) is 0.167. The maximum atomic E-state index is 10.3. The smallest absolute Gasteiger partial charge is 0.187 e. The SMILES string of the molecule is C[C@H]1OC(OC[C@H]2O[C@@H](O[C@H]3[C@H](O)[C@@H](O)[C@@H](O)O[C@@H]3CO)[C@H](O)[C@@H](O)[C@H]2O)[C@H](O)[C@@H](O)[C@H]1O. The zero-order valence-corrected chi connectivity index (χ0v) is 17.6. The Morgan fingerprint density at radius 1 is 0.606 bits per heavy atom. The van der Waals surface area contributed by atoms with Crippen LogP contribution in [0.2, 0.25) is 0 Å². The Morgan fingerprint density at radius 3 is 1.85 bits per heavy atom. The highest BCUT2D eigenvalue weighted by Gasteiger charge is 2.51. The van der Waals surface area contributed by atoms with Crippen molar-refractivity contribution in [2.24, 2.45) is 0 Å². The second-order valence-corrected chi connectivity index (χ2v) is 8.36. The lowest BCUT2D eigenvalue weighted by Crippen LogP contribution is -2.64. The first-order chi connectivity index (χ1) is 15.5. The van der Waals surface area contributed by atoms with Gasteiger partial charge in [-0.3, -0.25) is 0 Å². The van der Waals surface area contributed by atoms with E-state index in [0.717, 1.165) is 0 Å². The van der Waals surface area contributed by atoms with E-state index in [1.54, 1.807) is 0 Å². The molecule has 3 aliphatic heterocycles. The number of hydrogen-bond donors (Lipinski definition) is 10. The van der Waals surface area contributed by atoms with Crippen molar-refractivity contribution < 1.29 is 74.7 Å². The van der Waals surface area contributed by atoms with E-state index in [0.29, 0.717) is 0 Å². The third-order valence-corrected chi connectivity index (χ3v) is 6.03. The van der Waals surface area contributed by atoms with E-state index >= 15 is 0 Å². The van der Waals surface area contributed by atoms with Crippen molar-refractivity contribution >= 4 is 0 Å². The standard InChI is InChI=1S/C18H32O15/c1-4-7(20)9(22)13(26)17(30-4)29-3-6-8(21)10(23)14(27)18(32-6)33-15-5(2-19)31-16(28)12(25)11(15)24/h4-28H,2-3H2,1H3/t4-,5-,6-,7+,8+,9+,10+,11-,12-,13-,14-,15-,16+,17?,18+/m1/s1. The van der Waals surface area contributed by atoms with Crippen molar-refractivity contribution in [2.75, 3.05) is 13.2 Å². The highest BCUT2D eigenvalue weighted by molar-refractivity contribution is 4.94. The second-order valence-electron chi connectivity index (χ2n) is 8.36. The number of aliphatic hydroxyl groups is 10. The van der Waals surface area contributed by atoms with Crippen molar-refractivity contribution in [3.8, 4) is 0 Å². The van der Waals surface area contributed by atoms with E-state index in [2.05, 4.69) is 0 Å². The van der Waals surface area contributed by atoms with Crippen LogP contribution in [0.25, 0.3) is 0 Å². The molecule has 3 rings (SSSR count). The van der Waals surface area contributed by atoms with Gasteiger partial charge >= 0.3 is 0 Å². The van der Waals surface area contributed by atoms with Crippen LogP contribution in [-0.4, -0.2) is 156 Å². The molecule has 0 saturated carbocycles. The van der Waals surface area contributed by atoms with Crippen molar-refractivity contribution in [3.63, 3.8) is 0 Å². The van der Waals surface area contributed by atoms with Crippen LogP contribution in [0.15, 0.2) is 0 Å². The largest absolute Gasteiger partial charge is 0.394 e. The summed E-state index contributed by atoms with van der Waals surface area (Å²) in [5.74, 6) is 0. The molecule has 0 radical (unpaired) electrons. The molecule has 0 aliphatic carbocycles. The van der Waals surface area contributed by atoms with E-state index in [1.807, 2.05) is 0 Å². The van der Waals surface area contributed by atoms with Crippen LogP contribution < -0.4 is 0 Å². The molecule has 0 aromatic heterocycles. The van der Waals surface area contributed by atoms with Gasteiger partial charge in [-0.05, 0) is 6.92 Å². The number of aliphatic hydroxyl groups excluding tert-OH is 10. The number of rotatable bonds is 6. The topological polar surface area (TPSA) is 248 Å². The van der Waals surface area contributed by atoms with Crippen molar-refractivity contribution in [3.05, 3.63) is 0 Å². The van der Waals surface area contributed by atoms with Crippen LogP contribution in [0.4, 0.5) is 0 Å². The fraction of sp³-hybridized carbons (Fsp3) is 1.00. The molecule has 10 N–H and O–H groups in total. The summed E-state index contributed by atoms with van der Waals surface area (Å²) in [5, 5.41) is 99.4. The summed E-state index contributed by atoms with van der Waals surface area (Å²) < 4.78 is 26.5. The average molecular weight is 488 g/mol. The predicted molar refractivity (Wildman–Crippen MR) is 99.8 cm³/mol. The number of hydrogen-bond acceptors (Lipinski definition) is 15. The minimum absolute atomic E-state index is 0.531. The molecule has 3 heterocycles. The monoisotopic (exact) mass is 488 g/mol. The van der Waals surface area contributed by atoms with Crippen molar-refractivity contribution in [1.82, 2.24) is 0 Å². The van der Waals surface area contributed by atoms with E-state index in [9.17, 15) is 51.1 Å². The highest BCUT2D eigenvalue weighted by Crippen LogP contribution is 2.29. The minimum Gasteiger partial charge on any atom is -0.394 e. The summed E-state index contributed by atoms with van der Waals surface area (Å²) in [6, 6.07) is 0. The Labute approximate surface area is 187 Å². The molecule has 0 spiro atoms. The molecule has 33 heavy (non-hydrogen) atoms. The molecule has 15 atom stereocenters. The highest BCUT2D eigenvalue weighted by atomic mass is 16.7. The van der Waals surface area contributed by atoms with Crippen LogP contribution in [0.5, 0.6) is 0 Å². The fourth-order valence-electron chi connectivity index (χ4n) is 3.90. The predicted octanol–water partition coefficient (Wildman–Crippen LogP) is -6.55. The van der Waals surface area contributed by atoms with Gasteiger partial charge in [0.1, 0.15) is 67.1 Å². The van der Waals surface area contributed by atoms with Crippen LogP contribution in [0.1, 0.15) is 6.92 Å². The Kier molecular flexibility index (Phi) is 8.99. The molecule has 3 fully saturated rings. The summed E-state index contributed by atoms with van der Waals surface area (Å²) in [7, 11) is 0. The Morgan fingerprint density at radius 2 is 1.21 bits per heavy atom. The zero-order valence-electron chi connectivity index (χ0n) is 17.6. The lowest BCUT2D eigenvalue weighted by molar-refractivity contribution is -0.361. The van der Waals surface area contributed by atoms with Crippen molar-refractivity contribution in [1.29, 1.82) is 0 Å². The molecular weight excluding hydrogens is 456 g/mol. The van der Waals surface area contributed by atoms with E-state index < -0.39 is 105 Å². The fourth-order valence-corrected chi connectivity index (χ4v) is 3.90. The lowest BCUT2D eigenvalue weighted by atomic mass is 9.97. The van der Waals surface area contributed by atoms with Gasteiger partial charge in [-0.2, -0.15) is 0 Å². The summed E-state index contributed by atoms with van der Waals surface area (Å²) in [5.41, 5.74) is 0. The molecule has 15 nitrogen and oxygen atoms in total. The maximum Gasteiger partial charge on any atom is 0.187 e. The third-order valence-electron chi connectivity index (χ3n) is 6.03. The molecule has 3 saturated heterocycles. The third kappa shape index (κ3) is 5.48. The van der Waals surface area contributed by atoms with Crippen molar-refractivity contribution in [2.45, 2.75) is 99.0 Å². The Bertz CT molecular complexity index is 624. The summed E-state index contributed by atoms with van der Waals surface area (Å²) in [4.78, 5) is 0. The first kappa shape index (κ1) is 27.0. The van der Waals surface area contributed by atoms with Crippen LogP contribution >= 0.6 is 0 Å². The summed E-state index contributed by atoms with van der Waals surface area (Å²) in [6.07, 6.45) is -23.5. The van der Waals surface area contributed by atoms with Gasteiger partial charge in [0, 0.05) is 0 Å². The van der Waals surface area contributed by atoms with Gasteiger partial charge in [0.25, 0.3) is 0 Å². The molecule has 0 aromatic rings. The first-order valence-electron chi connectivity index (χ1n) is 10.4. The molecule has 194 valence electrons. The van der Waals surface area contributed by atoms with E-state index in [4.69, 9.17) is 23.7 Å². The minimum atomic E-state index is -1.83. The maximum absolute atomic E-state index is 10.3. The van der Waals surface area contributed by atoms with Gasteiger partial charge in [-0.15, -0.1) is 0 Å². The van der Waals surface area contributed by atoms with Gasteiger partial charge in [0.15, 0.2) is 18.9 Å². The molecule has 3 aliphatic rings. The zero-order chi connectivity index (χ0) is 24.6. The molecule has 1 unspecified atom stereocenters. The summed E-state index contributed by atoms with van der Waals surface area (Å²) >= 11 is 0. The molecule has 0 aromatic carbocycles. The number of ether oxygens (including phenoxy) is 5. The molecule has 0 amide bonds. The molecule has 0 bridgehead atoms. The van der Waals surface area contributed by atoms with Gasteiger partial charge in [-0.25, -0.2) is 0 Å². The van der Waals surface area contributed by atoms with Gasteiger partial charge in [-0.1, -0.05) is 0 Å². The Balaban J connectivity index is 1.66. The van der Waals surface area contributed by atoms with Gasteiger partial charge < -0.3 is 74.7 Å². The normalized spacial score (nSPS) is 53.7. The van der Waals surface area contributed by atoms with Gasteiger partial charge in [0.2, 0.25) is 0 Å². The summed E-state index contributed by atoms with van der Waals surface area (Å²) in [6.45, 7) is 0.165. The van der Waals surface area contributed by atoms with E-state index in [1.165, 1.54) is 6.92 Å². The Hall–Kier alpha value is -0.600. The van der Waals surface area contributed by atoms with Crippen LogP contribution in [0.3, 0.4) is 0 Å². The molecular formula is C18H32O15. The lowest BCUT2D eigenvalue weighted by Gasteiger charge is -2.45.